The predicted octanol–water partition coefficient (Wildman–Crippen LogP) is 3.42. The molecule has 2 saturated heterocycles. The normalized spacial score (nSPS) is 21.0. The molecule has 2 aliphatic rings. The second kappa shape index (κ2) is 11.4. The maximum absolute atomic E-state index is 6.07. The van der Waals surface area contributed by atoms with Crippen molar-refractivity contribution in [2.24, 2.45) is 4.99 Å². The van der Waals surface area contributed by atoms with E-state index in [9.17, 15) is 0 Å². The maximum atomic E-state index is 6.07. The van der Waals surface area contributed by atoms with Gasteiger partial charge in [-0.25, -0.2) is 0 Å². The Hall–Kier alpha value is -1.79. The Bertz CT molecular complexity index is 636. The lowest BCUT2D eigenvalue weighted by Gasteiger charge is -2.34. The summed E-state index contributed by atoms with van der Waals surface area (Å²) in [6.45, 7) is 9.29. The molecule has 29 heavy (non-hydrogen) atoms. The number of benzene rings is 1. The molecule has 0 saturated carbocycles. The predicted molar refractivity (Wildman–Crippen MR) is 117 cm³/mol. The molecule has 0 amide bonds. The first-order chi connectivity index (χ1) is 14.2. The summed E-state index contributed by atoms with van der Waals surface area (Å²) < 4.78 is 17.7. The van der Waals surface area contributed by atoms with E-state index in [-0.39, 0.29) is 0 Å². The Kier molecular flexibility index (Phi) is 8.62. The van der Waals surface area contributed by atoms with Crippen LogP contribution in [0.4, 0.5) is 0 Å². The van der Waals surface area contributed by atoms with Gasteiger partial charge in [-0.1, -0.05) is 32.0 Å². The van der Waals surface area contributed by atoms with E-state index in [1.54, 1.807) is 0 Å². The minimum Gasteiger partial charge on any atom is -0.491 e. The van der Waals surface area contributed by atoms with E-state index in [4.69, 9.17) is 14.2 Å². The van der Waals surface area contributed by atoms with Gasteiger partial charge in [0.25, 0.3) is 0 Å². The monoisotopic (exact) mass is 403 g/mol. The molecule has 1 aromatic rings. The molecule has 6 nitrogen and oxygen atoms in total. The summed E-state index contributed by atoms with van der Waals surface area (Å²) in [7, 11) is 1.84. The third kappa shape index (κ3) is 6.61. The SMILES string of the molecule is CN=C(NCCOc1ccccc1C(C)C)N1CCC(OCC2CCCO2)CC1. The van der Waals surface area contributed by atoms with Gasteiger partial charge in [0, 0.05) is 26.7 Å². The van der Waals surface area contributed by atoms with E-state index in [1.807, 2.05) is 19.2 Å². The first-order valence-electron chi connectivity index (χ1n) is 11.1. The Morgan fingerprint density at radius 1 is 1.24 bits per heavy atom. The highest BCUT2D eigenvalue weighted by Crippen LogP contribution is 2.25. The molecule has 2 aliphatic heterocycles. The number of nitrogens with one attached hydrogen (secondary N) is 1. The standard InChI is InChI=1S/C23H37N3O3/c1-18(2)21-8-4-5-9-22(21)28-16-12-25-23(24-3)26-13-10-19(11-14-26)29-17-20-7-6-15-27-20/h4-5,8-9,18-20H,6-7,10-17H2,1-3H3,(H,24,25). The van der Waals surface area contributed by atoms with Gasteiger partial charge in [0.2, 0.25) is 0 Å². The summed E-state index contributed by atoms with van der Waals surface area (Å²) in [5, 5.41) is 3.44. The van der Waals surface area contributed by atoms with Crippen molar-refractivity contribution in [3.05, 3.63) is 29.8 Å². The van der Waals surface area contributed by atoms with Gasteiger partial charge in [-0.05, 0) is 43.2 Å². The summed E-state index contributed by atoms with van der Waals surface area (Å²) >= 11 is 0. The zero-order valence-corrected chi connectivity index (χ0v) is 18.2. The number of aliphatic imine (C=N–C) groups is 1. The maximum Gasteiger partial charge on any atom is 0.193 e. The van der Waals surface area contributed by atoms with E-state index in [2.05, 4.69) is 41.2 Å². The lowest BCUT2D eigenvalue weighted by atomic mass is 10.0. The fraction of sp³-hybridized carbons (Fsp3) is 0.696. The van der Waals surface area contributed by atoms with Gasteiger partial charge in [-0.2, -0.15) is 0 Å². The lowest BCUT2D eigenvalue weighted by Crippen LogP contribution is -2.48. The zero-order chi connectivity index (χ0) is 20.5. The van der Waals surface area contributed by atoms with Crippen LogP contribution in [0.1, 0.15) is 51.0 Å². The fourth-order valence-corrected chi connectivity index (χ4v) is 4.00. The molecule has 0 radical (unpaired) electrons. The van der Waals surface area contributed by atoms with Crippen molar-refractivity contribution >= 4 is 5.96 Å². The van der Waals surface area contributed by atoms with E-state index >= 15 is 0 Å². The Morgan fingerprint density at radius 2 is 2.03 bits per heavy atom. The van der Waals surface area contributed by atoms with Gasteiger partial charge in [0.05, 0.1) is 25.4 Å². The average molecular weight is 404 g/mol. The van der Waals surface area contributed by atoms with Gasteiger partial charge in [0.15, 0.2) is 5.96 Å². The summed E-state index contributed by atoms with van der Waals surface area (Å²) in [5.74, 6) is 2.38. The van der Waals surface area contributed by atoms with Gasteiger partial charge in [-0.3, -0.25) is 4.99 Å². The molecule has 2 fully saturated rings. The number of para-hydroxylation sites is 1. The van der Waals surface area contributed by atoms with Crippen molar-refractivity contribution in [2.75, 3.05) is 46.5 Å². The number of hydrogen-bond donors (Lipinski definition) is 1. The van der Waals surface area contributed by atoms with Crippen LogP contribution in [-0.4, -0.2) is 69.6 Å². The lowest BCUT2D eigenvalue weighted by molar-refractivity contribution is -0.0367. The number of ether oxygens (including phenoxy) is 3. The molecule has 0 aromatic heterocycles. The number of nitrogens with zero attached hydrogens (tertiary/aromatic N) is 2. The molecule has 1 atom stereocenters. The highest BCUT2D eigenvalue weighted by Gasteiger charge is 2.24. The topological polar surface area (TPSA) is 55.3 Å². The van der Waals surface area contributed by atoms with Crippen LogP contribution >= 0.6 is 0 Å². The molecule has 1 aromatic carbocycles. The summed E-state index contributed by atoms with van der Waals surface area (Å²) in [5.41, 5.74) is 1.25. The molecule has 162 valence electrons. The first-order valence-corrected chi connectivity index (χ1v) is 11.1. The van der Waals surface area contributed by atoms with Crippen molar-refractivity contribution in [1.82, 2.24) is 10.2 Å². The van der Waals surface area contributed by atoms with Crippen molar-refractivity contribution in [3.63, 3.8) is 0 Å². The largest absolute Gasteiger partial charge is 0.491 e. The Balaban J connectivity index is 1.35. The molecular weight excluding hydrogens is 366 g/mol. The minimum absolute atomic E-state index is 0.309. The van der Waals surface area contributed by atoms with Crippen molar-refractivity contribution in [2.45, 2.75) is 57.7 Å². The summed E-state index contributed by atoms with van der Waals surface area (Å²) in [6, 6.07) is 8.28. The third-order valence-corrected chi connectivity index (χ3v) is 5.68. The number of rotatable bonds is 8. The van der Waals surface area contributed by atoms with Gasteiger partial charge < -0.3 is 24.4 Å². The molecule has 0 aliphatic carbocycles. The molecule has 1 N–H and O–H groups in total. The van der Waals surface area contributed by atoms with Crippen LogP contribution in [0.3, 0.4) is 0 Å². The Morgan fingerprint density at radius 3 is 2.72 bits per heavy atom. The third-order valence-electron chi connectivity index (χ3n) is 5.68. The zero-order valence-electron chi connectivity index (χ0n) is 18.2. The smallest absolute Gasteiger partial charge is 0.193 e. The van der Waals surface area contributed by atoms with E-state index in [0.29, 0.717) is 24.7 Å². The van der Waals surface area contributed by atoms with Crippen LogP contribution in [0.25, 0.3) is 0 Å². The first kappa shape index (κ1) is 21.9. The quantitative estimate of drug-likeness (QED) is 0.409. The van der Waals surface area contributed by atoms with E-state index in [1.165, 1.54) is 12.0 Å². The van der Waals surface area contributed by atoms with Crippen molar-refractivity contribution in [3.8, 4) is 5.75 Å². The molecular formula is C23H37N3O3. The fourth-order valence-electron chi connectivity index (χ4n) is 4.00. The molecule has 6 heteroatoms. The number of guanidine groups is 1. The summed E-state index contributed by atoms with van der Waals surface area (Å²) in [6.07, 6.45) is 5.02. The molecule has 1 unspecified atom stereocenters. The summed E-state index contributed by atoms with van der Waals surface area (Å²) in [4.78, 5) is 6.76. The second-order valence-corrected chi connectivity index (χ2v) is 8.17. The average Bonchev–Trinajstić information content (AvgIpc) is 3.27. The minimum atomic E-state index is 0.309. The Labute approximate surface area is 175 Å². The van der Waals surface area contributed by atoms with Gasteiger partial charge >= 0.3 is 0 Å². The van der Waals surface area contributed by atoms with Crippen LogP contribution in [0.15, 0.2) is 29.3 Å². The van der Waals surface area contributed by atoms with Crippen LogP contribution in [-0.2, 0) is 9.47 Å². The van der Waals surface area contributed by atoms with Crippen molar-refractivity contribution in [1.29, 1.82) is 0 Å². The van der Waals surface area contributed by atoms with Gasteiger partial charge in [-0.15, -0.1) is 0 Å². The van der Waals surface area contributed by atoms with E-state index < -0.39 is 0 Å². The van der Waals surface area contributed by atoms with Crippen LogP contribution in [0, 0.1) is 0 Å². The highest BCUT2D eigenvalue weighted by molar-refractivity contribution is 5.79. The van der Waals surface area contributed by atoms with Crippen LogP contribution < -0.4 is 10.1 Å². The van der Waals surface area contributed by atoms with Crippen LogP contribution in [0.5, 0.6) is 5.75 Å². The molecule has 0 bridgehead atoms. The van der Waals surface area contributed by atoms with Crippen molar-refractivity contribution < 1.29 is 14.2 Å². The van der Waals surface area contributed by atoms with Gasteiger partial charge in [0.1, 0.15) is 12.4 Å². The number of piperidine rings is 1. The number of hydrogen-bond acceptors (Lipinski definition) is 4. The molecule has 0 spiro atoms. The van der Waals surface area contributed by atoms with Crippen LogP contribution in [0.2, 0.25) is 0 Å². The molecule has 3 rings (SSSR count). The highest BCUT2D eigenvalue weighted by atomic mass is 16.5. The number of likely N-dealkylation sites (tertiary alicyclic amines) is 1. The molecule has 2 heterocycles. The second-order valence-electron chi connectivity index (χ2n) is 8.17. The van der Waals surface area contributed by atoms with E-state index in [0.717, 1.165) is 63.8 Å².